The fourth-order valence-electron chi connectivity index (χ4n) is 1.49. The van der Waals surface area contributed by atoms with Gasteiger partial charge in [-0.2, -0.15) is 0 Å². The highest BCUT2D eigenvalue weighted by atomic mass is 16.5. The molecule has 0 unspecified atom stereocenters. The molecular weight excluding hydrogens is 228 g/mol. The van der Waals surface area contributed by atoms with E-state index in [1.54, 1.807) is 7.11 Å². The molecule has 0 atom stereocenters. The molecule has 0 aliphatic rings. The minimum absolute atomic E-state index is 0.255. The second-order valence-corrected chi connectivity index (χ2v) is 5.89. The Morgan fingerprint density at radius 2 is 1.78 bits per heavy atom. The third-order valence-corrected chi connectivity index (χ3v) is 3.79. The van der Waals surface area contributed by atoms with Crippen molar-refractivity contribution < 1.29 is 14.3 Å². The van der Waals surface area contributed by atoms with Gasteiger partial charge >= 0.3 is 0 Å². The second-order valence-electron chi connectivity index (χ2n) is 5.89. The summed E-state index contributed by atoms with van der Waals surface area (Å²) in [5.41, 5.74) is 0.255. The lowest BCUT2D eigenvalue weighted by atomic mass is 9.77. The number of carbonyl (C=O) groups excluding carboxylic acids is 1. The van der Waals surface area contributed by atoms with Gasteiger partial charge in [-0.15, -0.1) is 0 Å². The smallest absolute Gasteiger partial charge is 0.133 e. The molecule has 0 saturated carbocycles. The molecule has 0 N–H and O–H groups in total. The number of hydrogen-bond acceptors (Lipinski definition) is 3. The summed E-state index contributed by atoms with van der Waals surface area (Å²) in [4.78, 5) is 11.7. The molecule has 0 radical (unpaired) electrons. The van der Waals surface area contributed by atoms with Crippen molar-refractivity contribution in [1.82, 2.24) is 0 Å². The Labute approximate surface area is 112 Å². The third-order valence-electron chi connectivity index (χ3n) is 3.79. The molecule has 3 nitrogen and oxygen atoms in total. The van der Waals surface area contributed by atoms with E-state index in [-0.39, 0.29) is 5.41 Å². The van der Waals surface area contributed by atoms with E-state index < -0.39 is 0 Å². The van der Waals surface area contributed by atoms with Gasteiger partial charge in [0.2, 0.25) is 0 Å². The van der Waals surface area contributed by atoms with Gasteiger partial charge in [0.1, 0.15) is 5.78 Å². The van der Waals surface area contributed by atoms with Crippen molar-refractivity contribution in [2.45, 2.75) is 53.4 Å². The molecule has 0 heterocycles. The molecule has 0 spiro atoms. The summed E-state index contributed by atoms with van der Waals surface area (Å²) >= 11 is 0. The van der Waals surface area contributed by atoms with Gasteiger partial charge in [0.15, 0.2) is 0 Å². The van der Waals surface area contributed by atoms with Crippen LogP contribution in [0.3, 0.4) is 0 Å². The maximum absolute atomic E-state index is 11.7. The second kappa shape index (κ2) is 9.51. The maximum atomic E-state index is 11.7. The van der Waals surface area contributed by atoms with Gasteiger partial charge in [-0.3, -0.25) is 4.79 Å². The Bertz CT molecular complexity index is 222. The van der Waals surface area contributed by atoms with Crippen molar-refractivity contribution in [3.05, 3.63) is 0 Å². The number of ketones is 1. The molecule has 108 valence electrons. The Hall–Kier alpha value is -0.410. The van der Waals surface area contributed by atoms with Crippen LogP contribution in [0.5, 0.6) is 0 Å². The Balaban J connectivity index is 3.55. The van der Waals surface area contributed by atoms with E-state index in [4.69, 9.17) is 9.47 Å². The van der Waals surface area contributed by atoms with Crippen molar-refractivity contribution >= 4 is 5.78 Å². The highest BCUT2D eigenvalue weighted by molar-refractivity contribution is 5.78. The van der Waals surface area contributed by atoms with Gasteiger partial charge in [0.05, 0.1) is 13.2 Å². The topological polar surface area (TPSA) is 35.5 Å². The molecular formula is C15H30O3. The van der Waals surface area contributed by atoms with Crippen LogP contribution in [0.15, 0.2) is 0 Å². The van der Waals surface area contributed by atoms with Gasteiger partial charge in [-0.1, -0.05) is 27.7 Å². The largest absolute Gasteiger partial charge is 0.382 e. The zero-order valence-electron chi connectivity index (χ0n) is 12.8. The standard InChI is InChI=1S/C15H30O3/c1-13(2)15(3,4)9-8-14(16)7-6-10-18-12-11-17-5/h13H,6-12H2,1-5H3. The summed E-state index contributed by atoms with van der Waals surface area (Å²) in [6.45, 7) is 10.8. The lowest BCUT2D eigenvalue weighted by molar-refractivity contribution is -0.120. The van der Waals surface area contributed by atoms with Crippen molar-refractivity contribution in [1.29, 1.82) is 0 Å². The van der Waals surface area contributed by atoms with E-state index in [0.717, 1.165) is 12.8 Å². The van der Waals surface area contributed by atoms with Gasteiger partial charge in [0, 0.05) is 26.6 Å². The fraction of sp³-hybridized carbons (Fsp3) is 0.933. The van der Waals surface area contributed by atoms with Gasteiger partial charge < -0.3 is 9.47 Å². The summed E-state index contributed by atoms with van der Waals surface area (Å²) in [6.07, 6.45) is 3.14. The van der Waals surface area contributed by atoms with Crippen LogP contribution < -0.4 is 0 Å². The minimum atomic E-state index is 0.255. The van der Waals surface area contributed by atoms with Crippen LogP contribution in [0, 0.1) is 11.3 Å². The number of methoxy groups -OCH3 is 1. The zero-order valence-corrected chi connectivity index (χ0v) is 12.8. The number of Topliss-reactive ketones (excluding diaryl/α,β-unsaturated/α-hetero) is 1. The normalized spacial score (nSPS) is 12.1. The average molecular weight is 258 g/mol. The fourth-order valence-corrected chi connectivity index (χ4v) is 1.49. The van der Waals surface area contributed by atoms with Crippen LogP contribution in [0.1, 0.15) is 53.4 Å². The predicted octanol–water partition coefficient (Wildman–Crippen LogP) is 3.46. The SMILES string of the molecule is COCCOCCCC(=O)CCC(C)(C)C(C)C. The average Bonchev–Trinajstić information content (AvgIpc) is 2.31. The summed E-state index contributed by atoms with van der Waals surface area (Å²) in [7, 11) is 1.66. The lowest BCUT2D eigenvalue weighted by Crippen LogP contribution is -2.20. The van der Waals surface area contributed by atoms with E-state index in [1.807, 2.05) is 0 Å². The van der Waals surface area contributed by atoms with Crippen molar-refractivity contribution in [3.63, 3.8) is 0 Å². The molecule has 0 aromatic rings. The molecule has 0 rings (SSSR count). The van der Waals surface area contributed by atoms with E-state index in [1.165, 1.54) is 0 Å². The molecule has 0 fully saturated rings. The van der Waals surface area contributed by atoms with Crippen LogP contribution >= 0.6 is 0 Å². The highest BCUT2D eigenvalue weighted by Crippen LogP contribution is 2.31. The van der Waals surface area contributed by atoms with Crippen molar-refractivity contribution in [3.8, 4) is 0 Å². The van der Waals surface area contributed by atoms with Crippen LogP contribution in [-0.4, -0.2) is 32.7 Å². The molecule has 0 aliphatic heterocycles. The van der Waals surface area contributed by atoms with Crippen molar-refractivity contribution in [2.75, 3.05) is 26.9 Å². The molecule has 18 heavy (non-hydrogen) atoms. The number of ether oxygens (including phenoxy) is 2. The Kier molecular flexibility index (Phi) is 9.29. The van der Waals surface area contributed by atoms with E-state index >= 15 is 0 Å². The van der Waals surface area contributed by atoms with Crippen LogP contribution in [0.2, 0.25) is 0 Å². The first-order valence-corrected chi connectivity index (χ1v) is 6.98. The molecule has 3 heteroatoms. The lowest BCUT2D eigenvalue weighted by Gasteiger charge is -2.28. The molecule has 0 amide bonds. The first kappa shape index (κ1) is 17.6. The van der Waals surface area contributed by atoms with Gasteiger partial charge in [-0.25, -0.2) is 0 Å². The first-order chi connectivity index (χ1) is 8.40. The molecule has 0 bridgehead atoms. The third kappa shape index (κ3) is 8.65. The summed E-state index contributed by atoms with van der Waals surface area (Å²) in [5, 5.41) is 0. The first-order valence-electron chi connectivity index (χ1n) is 6.98. The molecule has 0 aliphatic carbocycles. The van der Waals surface area contributed by atoms with Crippen LogP contribution in [0.4, 0.5) is 0 Å². The van der Waals surface area contributed by atoms with E-state index in [2.05, 4.69) is 27.7 Å². The number of hydrogen-bond donors (Lipinski definition) is 0. The maximum Gasteiger partial charge on any atom is 0.133 e. The number of carbonyl (C=O) groups is 1. The summed E-state index contributed by atoms with van der Waals surface area (Å²) in [5.74, 6) is 0.974. The quantitative estimate of drug-likeness (QED) is 0.532. The zero-order chi connectivity index (χ0) is 14.0. The molecule has 0 saturated heterocycles. The molecule has 0 aromatic carbocycles. The van der Waals surface area contributed by atoms with Gasteiger partial charge in [-0.05, 0) is 24.2 Å². The van der Waals surface area contributed by atoms with Crippen molar-refractivity contribution in [2.24, 2.45) is 11.3 Å². The van der Waals surface area contributed by atoms with E-state index in [9.17, 15) is 4.79 Å². The monoisotopic (exact) mass is 258 g/mol. The predicted molar refractivity (Wildman–Crippen MR) is 74.8 cm³/mol. The minimum Gasteiger partial charge on any atom is -0.382 e. The van der Waals surface area contributed by atoms with E-state index in [0.29, 0.717) is 44.4 Å². The Morgan fingerprint density at radius 1 is 1.11 bits per heavy atom. The summed E-state index contributed by atoms with van der Waals surface area (Å²) < 4.78 is 10.2. The van der Waals surface area contributed by atoms with Gasteiger partial charge in [0.25, 0.3) is 0 Å². The Morgan fingerprint density at radius 3 is 2.33 bits per heavy atom. The number of rotatable bonds is 11. The van der Waals surface area contributed by atoms with Crippen LogP contribution in [-0.2, 0) is 14.3 Å². The highest BCUT2D eigenvalue weighted by Gasteiger charge is 2.22. The summed E-state index contributed by atoms with van der Waals surface area (Å²) in [6, 6.07) is 0. The molecule has 0 aromatic heterocycles. The van der Waals surface area contributed by atoms with Crippen LogP contribution in [0.25, 0.3) is 0 Å².